The van der Waals surface area contributed by atoms with E-state index in [1.807, 2.05) is 0 Å². The summed E-state index contributed by atoms with van der Waals surface area (Å²) in [6, 6.07) is 0.583. The van der Waals surface area contributed by atoms with E-state index < -0.39 is 0 Å². The topological polar surface area (TPSA) is 24.5 Å². The molecule has 0 aromatic heterocycles. The molecule has 2 fully saturated rings. The molecule has 0 aromatic rings. The molecule has 2 rings (SSSR count). The van der Waals surface area contributed by atoms with E-state index in [1.165, 1.54) is 13.0 Å². The standard InChI is InChI=1S/C14H28N2O/c1-13(2,3)12-6-11-17-14(15-12)7-5-9-16(4)10-8-14/h12,15H,5-11H2,1-4H3. The summed E-state index contributed by atoms with van der Waals surface area (Å²) in [4.78, 5) is 2.42. The van der Waals surface area contributed by atoms with Gasteiger partial charge in [-0.3, -0.25) is 5.32 Å². The molecule has 0 aliphatic carbocycles. The fourth-order valence-corrected chi connectivity index (χ4v) is 2.98. The highest BCUT2D eigenvalue weighted by molar-refractivity contribution is 4.93. The van der Waals surface area contributed by atoms with Crippen LogP contribution >= 0.6 is 0 Å². The molecule has 0 radical (unpaired) electrons. The van der Waals surface area contributed by atoms with E-state index in [9.17, 15) is 0 Å². The predicted octanol–water partition coefficient (Wildman–Crippen LogP) is 2.22. The minimum Gasteiger partial charge on any atom is -0.361 e. The lowest BCUT2D eigenvalue weighted by Gasteiger charge is -2.46. The third kappa shape index (κ3) is 3.21. The van der Waals surface area contributed by atoms with Crippen molar-refractivity contribution in [1.82, 2.24) is 10.2 Å². The Labute approximate surface area is 106 Å². The lowest BCUT2D eigenvalue weighted by Crippen LogP contribution is -2.60. The summed E-state index contributed by atoms with van der Waals surface area (Å²) < 4.78 is 6.12. The molecular formula is C14H28N2O. The highest BCUT2D eigenvalue weighted by Crippen LogP contribution is 2.33. The molecule has 0 aromatic carbocycles. The molecule has 2 unspecified atom stereocenters. The Balaban J connectivity index is 2.04. The normalized spacial score (nSPS) is 37.1. The number of ether oxygens (including phenoxy) is 1. The van der Waals surface area contributed by atoms with Crippen molar-refractivity contribution in [2.24, 2.45) is 5.41 Å². The highest BCUT2D eigenvalue weighted by atomic mass is 16.5. The fourth-order valence-electron chi connectivity index (χ4n) is 2.98. The molecule has 2 aliphatic rings. The molecule has 0 amide bonds. The summed E-state index contributed by atoms with van der Waals surface area (Å²) in [6.07, 6.45) is 4.65. The number of nitrogens with zero attached hydrogens (tertiary/aromatic N) is 1. The average molecular weight is 240 g/mol. The highest BCUT2D eigenvalue weighted by Gasteiger charge is 2.41. The van der Waals surface area contributed by atoms with Crippen LogP contribution in [0.2, 0.25) is 0 Å². The van der Waals surface area contributed by atoms with E-state index in [-0.39, 0.29) is 5.72 Å². The summed E-state index contributed by atoms with van der Waals surface area (Å²) in [5, 5.41) is 3.82. The van der Waals surface area contributed by atoms with E-state index in [4.69, 9.17) is 4.74 Å². The molecule has 17 heavy (non-hydrogen) atoms. The molecule has 1 N–H and O–H groups in total. The minimum absolute atomic E-state index is 0.0407. The number of rotatable bonds is 0. The minimum atomic E-state index is -0.0407. The Morgan fingerprint density at radius 3 is 2.71 bits per heavy atom. The van der Waals surface area contributed by atoms with E-state index in [0.717, 1.165) is 32.4 Å². The summed E-state index contributed by atoms with van der Waals surface area (Å²) >= 11 is 0. The second-order valence-corrected chi connectivity index (χ2v) is 6.85. The molecule has 2 aliphatic heterocycles. The Morgan fingerprint density at radius 2 is 2.00 bits per heavy atom. The van der Waals surface area contributed by atoms with Crippen LogP contribution in [0.3, 0.4) is 0 Å². The van der Waals surface area contributed by atoms with Crippen LogP contribution < -0.4 is 5.32 Å². The molecule has 100 valence electrons. The average Bonchev–Trinajstić information content (AvgIpc) is 2.41. The van der Waals surface area contributed by atoms with E-state index in [2.05, 4.69) is 38.0 Å². The third-order valence-electron chi connectivity index (χ3n) is 4.29. The molecule has 2 saturated heterocycles. The van der Waals surface area contributed by atoms with E-state index >= 15 is 0 Å². The number of hydrogen-bond acceptors (Lipinski definition) is 3. The zero-order valence-electron chi connectivity index (χ0n) is 11.9. The first-order valence-corrected chi connectivity index (χ1v) is 7.02. The summed E-state index contributed by atoms with van der Waals surface area (Å²) in [5.74, 6) is 0. The van der Waals surface area contributed by atoms with Crippen LogP contribution in [-0.2, 0) is 4.74 Å². The van der Waals surface area contributed by atoms with Gasteiger partial charge < -0.3 is 9.64 Å². The summed E-state index contributed by atoms with van der Waals surface area (Å²) in [5.41, 5.74) is 0.288. The van der Waals surface area contributed by atoms with Gasteiger partial charge in [-0.2, -0.15) is 0 Å². The maximum absolute atomic E-state index is 6.12. The zero-order chi connectivity index (χ0) is 12.5. The quantitative estimate of drug-likeness (QED) is 0.702. The van der Waals surface area contributed by atoms with E-state index in [0.29, 0.717) is 11.5 Å². The second-order valence-electron chi connectivity index (χ2n) is 6.85. The first-order chi connectivity index (χ1) is 7.91. The van der Waals surface area contributed by atoms with Crippen LogP contribution in [0.4, 0.5) is 0 Å². The molecule has 3 nitrogen and oxygen atoms in total. The maximum atomic E-state index is 6.12. The predicted molar refractivity (Wildman–Crippen MR) is 71.0 cm³/mol. The van der Waals surface area contributed by atoms with Gasteiger partial charge in [-0.15, -0.1) is 0 Å². The van der Waals surface area contributed by atoms with Crippen molar-refractivity contribution in [3.8, 4) is 0 Å². The van der Waals surface area contributed by atoms with Crippen LogP contribution in [0.15, 0.2) is 0 Å². The molecule has 2 heterocycles. The summed E-state index contributed by atoms with van der Waals surface area (Å²) in [6.45, 7) is 10.2. The number of nitrogens with one attached hydrogen (secondary N) is 1. The van der Waals surface area contributed by atoms with Gasteiger partial charge in [0.25, 0.3) is 0 Å². The van der Waals surface area contributed by atoms with Gasteiger partial charge in [0, 0.05) is 19.0 Å². The Hall–Kier alpha value is -0.120. The van der Waals surface area contributed by atoms with Crippen LogP contribution in [0, 0.1) is 5.41 Å². The van der Waals surface area contributed by atoms with Gasteiger partial charge in [0.05, 0.1) is 6.61 Å². The lowest BCUT2D eigenvalue weighted by molar-refractivity contribution is -0.130. The van der Waals surface area contributed by atoms with Gasteiger partial charge in [0.15, 0.2) is 0 Å². The molecule has 3 heteroatoms. The van der Waals surface area contributed by atoms with Crippen molar-refractivity contribution in [2.75, 3.05) is 26.7 Å². The van der Waals surface area contributed by atoms with Gasteiger partial charge in [-0.1, -0.05) is 20.8 Å². The van der Waals surface area contributed by atoms with Gasteiger partial charge in [-0.05, 0) is 38.3 Å². The number of likely N-dealkylation sites (tertiary alicyclic amines) is 1. The van der Waals surface area contributed by atoms with Crippen molar-refractivity contribution in [3.63, 3.8) is 0 Å². The second kappa shape index (κ2) is 4.87. The first kappa shape index (κ1) is 13.3. The Morgan fingerprint density at radius 1 is 1.24 bits per heavy atom. The first-order valence-electron chi connectivity index (χ1n) is 7.02. The van der Waals surface area contributed by atoms with Crippen LogP contribution in [-0.4, -0.2) is 43.4 Å². The Bertz CT molecular complexity index is 261. The monoisotopic (exact) mass is 240 g/mol. The SMILES string of the molecule is CN1CCCC2(CC1)NC(C(C)(C)C)CCO2. The fraction of sp³-hybridized carbons (Fsp3) is 1.00. The van der Waals surface area contributed by atoms with Gasteiger partial charge in [-0.25, -0.2) is 0 Å². The number of hydrogen-bond donors (Lipinski definition) is 1. The smallest absolute Gasteiger partial charge is 0.120 e. The maximum Gasteiger partial charge on any atom is 0.120 e. The Kier molecular flexibility index (Phi) is 3.81. The molecule has 0 bridgehead atoms. The van der Waals surface area contributed by atoms with Crippen molar-refractivity contribution in [2.45, 2.75) is 58.2 Å². The van der Waals surface area contributed by atoms with Crippen molar-refractivity contribution < 1.29 is 4.74 Å². The van der Waals surface area contributed by atoms with Crippen LogP contribution in [0.25, 0.3) is 0 Å². The summed E-state index contributed by atoms with van der Waals surface area (Å²) in [7, 11) is 2.21. The van der Waals surface area contributed by atoms with Gasteiger partial charge >= 0.3 is 0 Å². The van der Waals surface area contributed by atoms with Crippen LogP contribution in [0.5, 0.6) is 0 Å². The lowest BCUT2D eigenvalue weighted by atomic mass is 9.82. The largest absolute Gasteiger partial charge is 0.361 e. The van der Waals surface area contributed by atoms with Crippen LogP contribution in [0.1, 0.15) is 46.5 Å². The van der Waals surface area contributed by atoms with Crippen molar-refractivity contribution in [3.05, 3.63) is 0 Å². The zero-order valence-corrected chi connectivity index (χ0v) is 11.9. The van der Waals surface area contributed by atoms with Crippen molar-refractivity contribution in [1.29, 1.82) is 0 Å². The van der Waals surface area contributed by atoms with Gasteiger partial charge in [0.1, 0.15) is 5.72 Å². The van der Waals surface area contributed by atoms with Gasteiger partial charge in [0.2, 0.25) is 0 Å². The molecule has 0 saturated carbocycles. The molecular weight excluding hydrogens is 212 g/mol. The molecule has 1 spiro atoms. The van der Waals surface area contributed by atoms with E-state index in [1.54, 1.807) is 0 Å². The molecule has 2 atom stereocenters. The third-order valence-corrected chi connectivity index (χ3v) is 4.29. The van der Waals surface area contributed by atoms with Crippen molar-refractivity contribution >= 4 is 0 Å².